The SMILES string of the molecule is CN(c1coc2ccccc12)C(CO)CO. The third-order valence-corrected chi connectivity index (χ3v) is 2.81. The van der Waals surface area contributed by atoms with Crippen molar-refractivity contribution in [3.05, 3.63) is 30.5 Å². The lowest BCUT2D eigenvalue weighted by atomic mass is 10.2. The molecular weight excluding hydrogens is 206 g/mol. The summed E-state index contributed by atoms with van der Waals surface area (Å²) in [5.74, 6) is 0. The lowest BCUT2D eigenvalue weighted by Gasteiger charge is -2.25. The van der Waals surface area contributed by atoms with Crippen molar-refractivity contribution in [3.63, 3.8) is 0 Å². The largest absolute Gasteiger partial charge is 0.462 e. The maximum Gasteiger partial charge on any atom is 0.136 e. The molecule has 0 bridgehead atoms. The Morgan fingerprint density at radius 1 is 1.25 bits per heavy atom. The van der Waals surface area contributed by atoms with Gasteiger partial charge in [-0.3, -0.25) is 0 Å². The molecule has 0 amide bonds. The summed E-state index contributed by atoms with van der Waals surface area (Å²) < 4.78 is 5.40. The fraction of sp³-hybridized carbons (Fsp3) is 0.333. The summed E-state index contributed by atoms with van der Waals surface area (Å²) in [5, 5.41) is 19.3. The first-order chi connectivity index (χ1) is 7.77. The topological polar surface area (TPSA) is 56.8 Å². The molecule has 4 nitrogen and oxygen atoms in total. The van der Waals surface area contributed by atoms with E-state index in [4.69, 9.17) is 14.6 Å². The van der Waals surface area contributed by atoms with E-state index in [-0.39, 0.29) is 19.3 Å². The highest BCUT2D eigenvalue weighted by Crippen LogP contribution is 2.28. The van der Waals surface area contributed by atoms with Crippen molar-refractivity contribution in [2.75, 3.05) is 25.2 Å². The molecule has 0 saturated carbocycles. The maximum absolute atomic E-state index is 9.14. The summed E-state index contributed by atoms with van der Waals surface area (Å²) in [5.41, 5.74) is 1.68. The number of para-hydroxylation sites is 1. The van der Waals surface area contributed by atoms with Gasteiger partial charge in [-0.2, -0.15) is 0 Å². The van der Waals surface area contributed by atoms with Crippen molar-refractivity contribution in [3.8, 4) is 0 Å². The second-order valence-corrected chi connectivity index (χ2v) is 3.75. The molecule has 1 aromatic heterocycles. The van der Waals surface area contributed by atoms with Crippen molar-refractivity contribution in [1.29, 1.82) is 0 Å². The Kier molecular flexibility index (Phi) is 3.12. The predicted molar refractivity (Wildman–Crippen MR) is 62.6 cm³/mol. The highest BCUT2D eigenvalue weighted by molar-refractivity contribution is 5.90. The number of aliphatic hydroxyl groups excluding tert-OH is 2. The van der Waals surface area contributed by atoms with Crippen LogP contribution in [0.5, 0.6) is 0 Å². The van der Waals surface area contributed by atoms with Gasteiger partial charge in [0.15, 0.2) is 0 Å². The van der Waals surface area contributed by atoms with Crippen LogP contribution in [0.2, 0.25) is 0 Å². The van der Waals surface area contributed by atoms with Gasteiger partial charge in [-0.05, 0) is 12.1 Å². The standard InChI is InChI=1S/C12H15NO3/c1-13(9(6-14)7-15)11-8-16-12-5-3-2-4-10(11)12/h2-5,8-9,14-15H,6-7H2,1H3. The van der Waals surface area contributed by atoms with Crippen molar-refractivity contribution >= 4 is 16.7 Å². The third kappa shape index (κ3) is 1.77. The molecule has 0 aliphatic rings. The van der Waals surface area contributed by atoms with Crippen LogP contribution in [0.25, 0.3) is 11.0 Å². The Labute approximate surface area is 93.7 Å². The zero-order chi connectivity index (χ0) is 11.5. The van der Waals surface area contributed by atoms with Crippen molar-refractivity contribution in [1.82, 2.24) is 0 Å². The first kappa shape index (κ1) is 11.0. The summed E-state index contributed by atoms with van der Waals surface area (Å²) in [4.78, 5) is 1.83. The van der Waals surface area contributed by atoms with Crippen LogP contribution in [0.1, 0.15) is 0 Å². The number of hydrogen-bond donors (Lipinski definition) is 2. The van der Waals surface area contributed by atoms with Gasteiger partial charge >= 0.3 is 0 Å². The molecule has 4 heteroatoms. The zero-order valence-corrected chi connectivity index (χ0v) is 9.13. The lowest BCUT2D eigenvalue weighted by molar-refractivity contribution is 0.191. The minimum atomic E-state index is -0.305. The van der Waals surface area contributed by atoms with Crippen molar-refractivity contribution < 1.29 is 14.6 Å². The van der Waals surface area contributed by atoms with Gasteiger partial charge in [-0.1, -0.05) is 12.1 Å². The van der Waals surface area contributed by atoms with Gasteiger partial charge in [0, 0.05) is 12.4 Å². The lowest BCUT2D eigenvalue weighted by Crippen LogP contribution is -2.37. The summed E-state index contributed by atoms with van der Waals surface area (Å²) in [6.45, 7) is -0.182. The number of fused-ring (bicyclic) bond motifs is 1. The zero-order valence-electron chi connectivity index (χ0n) is 9.13. The second-order valence-electron chi connectivity index (χ2n) is 3.75. The number of furan rings is 1. The van der Waals surface area contributed by atoms with Gasteiger partial charge < -0.3 is 19.5 Å². The number of aliphatic hydroxyl groups is 2. The van der Waals surface area contributed by atoms with E-state index in [1.807, 2.05) is 36.2 Å². The molecule has 2 N–H and O–H groups in total. The van der Waals surface area contributed by atoms with Gasteiger partial charge in [-0.25, -0.2) is 0 Å². The van der Waals surface area contributed by atoms with E-state index in [1.165, 1.54) is 0 Å². The van der Waals surface area contributed by atoms with Crippen LogP contribution in [0.3, 0.4) is 0 Å². The molecule has 0 saturated heterocycles. The fourth-order valence-electron chi connectivity index (χ4n) is 1.74. The normalized spacial score (nSPS) is 11.2. The number of nitrogens with zero attached hydrogens (tertiary/aromatic N) is 1. The van der Waals surface area contributed by atoms with Crippen LogP contribution < -0.4 is 4.90 Å². The highest BCUT2D eigenvalue weighted by atomic mass is 16.3. The van der Waals surface area contributed by atoms with Crippen molar-refractivity contribution in [2.24, 2.45) is 0 Å². The summed E-state index contributed by atoms with van der Waals surface area (Å²) in [7, 11) is 1.83. The number of anilines is 1. The molecule has 0 unspecified atom stereocenters. The Bertz CT molecular complexity index is 462. The summed E-state index contributed by atoms with van der Waals surface area (Å²) in [6.07, 6.45) is 1.64. The number of hydrogen-bond acceptors (Lipinski definition) is 4. The number of rotatable bonds is 4. The van der Waals surface area contributed by atoms with Gasteiger partial charge in [0.05, 0.1) is 24.9 Å². The molecule has 0 atom stereocenters. The average Bonchev–Trinajstić information content (AvgIpc) is 2.74. The molecule has 0 aliphatic carbocycles. The van der Waals surface area contributed by atoms with E-state index in [2.05, 4.69) is 0 Å². The third-order valence-electron chi connectivity index (χ3n) is 2.81. The monoisotopic (exact) mass is 221 g/mol. The molecule has 1 heterocycles. The highest BCUT2D eigenvalue weighted by Gasteiger charge is 2.17. The maximum atomic E-state index is 9.14. The Morgan fingerprint density at radius 3 is 2.62 bits per heavy atom. The Balaban J connectivity index is 2.39. The fourth-order valence-corrected chi connectivity index (χ4v) is 1.74. The Morgan fingerprint density at radius 2 is 1.94 bits per heavy atom. The quantitative estimate of drug-likeness (QED) is 0.815. The molecule has 16 heavy (non-hydrogen) atoms. The number of benzene rings is 1. The van der Waals surface area contributed by atoms with Crippen LogP contribution in [-0.4, -0.2) is 36.5 Å². The minimum absolute atomic E-state index is 0.0908. The van der Waals surface area contributed by atoms with Crippen LogP contribution in [0, 0.1) is 0 Å². The van der Waals surface area contributed by atoms with E-state index in [9.17, 15) is 0 Å². The molecule has 0 fully saturated rings. The first-order valence-corrected chi connectivity index (χ1v) is 5.18. The number of likely N-dealkylation sites (N-methyl/N-ethyl adjacent to an activating group) is 1. The van der Waals surface area contributed by atoms with E-state index < -0.39 is 0 Å². The van der Waals surface area contributed by atoms with Crippen LogP contribution in [-0.2, 0) is 0 Å². The van der Waals surface area contributed by atoms with E-state index in [1.54, 1.807) is 6.26 Å². The molecule has 0 spiro atoms. The molecule has 2 aromatic rings. The smallest absolute Gasteiger partial charge is 0.136 e. The van der Waals surface area contributed by atoms with Gasteiger partial charge in [0.25, 0.3) is 0 Å². The molecule has 0 aliphatic heterocycles. The predicted octanol–water partition coefficient (Wildman–Crippen LogP) is 1.22. The van der Waals surface area contributed by atoms with Crippen molar-refractivity contribution in [2.45, 2.75) is 6.04 Å². The minimum Gasteiger partial charge on any atom is -0.462 e. The molecule has 2 rings (SSSR count). The van der Waals surface area contributed by atoms with Gasteiger partial charge in [-0.15, -0.1) is 0 Å². The van der Waals surface area contributed by atoms with Crippen LogP contribution in [0.4, 0.5) is 5.69 Å². The van der Waals surface area contributed by atoms with Gasteiger partial charge in [0.2, 0.25) is 0 Å². The van der Waals surface area contributed by atoms with Crippen LogP contribution >= 0.6 is 0 Å². The van der Waals surface area contributed by atoms with Gasteiger partial charge in [0.1, 0.15) is 11.8 Å². The molecule has 1 aromatic carbocycles. The first-order valence-electron chi connectivity index (χ1n) is 5.18. The van der Waals surface area contributed by atoms with E-state index >= 15 is 0 Å². The second kappa shape index (κ2) is 4.55. The summed E-state index contributed by atoms with van der Waals surface area (Å²) >= 11 is 0. The Hall–Kier alpha value is -1.52. The molecule has 86 valence electrons. The van der Waals surface area contributed by atoms with E-state index in [0.717, 1.165) is 16.7 Å². The van der Waals surface area contributed by atoms with Crippen LogP contribution in [0.15, 0.2) is 34.9 Å². The average molecular weight is 221 g/mol. The van der Waals surface area contributed by atoms with E-state index in [0.29, 0.717) is 0 Å². The molecular formula is C12H15NO3. The molecule has 0 radical (unpaired) electrons. The summed E-state index contributed by atoms with van der Waals surface area (Å²) in [6, 6.07) is 7.38.